The molecule has 1 rings (SSSR count). The van der Waals surface area contributed by atoms with Crippen LogP contribution in [0.2, 0.25) is 0 Å². The first-order chi connectivity index (χ1) is 5.09. The Hall–Kier alpha value is -0.960. The van der Waals surface area contributed by atoms with E-state index in [4.69, 9.17) is 16.0 Å². The zero-order valence-electron chi connectivity index (χ0n) is 6.18. The van der Waals surface area contributed by atoms with Crippen molar-refractivity contribution in [2.75, 3.05) is 0 Å². The first-order valence-electron chi connectivity index (χ1n) is 3.04. The number of rotatable bonds is 1. The maximum absolute atomic E-state index is 10.3. The summed E-state index contributed by atoms with van der Waals surface area (Å²) in [7, 11) is 0. The second kappa shape index (κ2) is 2.96. The van der Waals surface area contributed by atoms with Crippen LogP contribution in [0.5, 0.6) is 5.75 Å². The molecule has 11 heavy (non-hydrogen) atoms. The van der Waals surface area contributed by atoms with E-state index in [0.717, 1.165) is 0 Å². The molecule has 4 heteroatoms. The monoisotopic (exact) mass is 174 g/mol. The van der Waals surface area contributed by atoms with Gasteiger partial charge in [-0.2, -0.15) is 0 Å². The van der Waals surface area contributed by atoms with Crippen LogP contribution in [0.4, 0.5) is 4.79 Å². The Morgan fingerprint density at radius 2 is 2.27 bits per heavy atom. The van der Waals surface area contributed by atoms with E-state index < -0.39 is 5.43 Å². The van der Waals surface area contributed by atoms with Gasteiger partial charge in [-0.1, -0.05) is 0 Å². The molecule has 0 saturated carbocycles. The summed E-state index contributed by atoms with van der Waals surface area (Å²) >= 11 is 4.99. The van der Waals surface area contributed by atoms with Crippen LogP contribution in [0.15, 0.2) is 10.5 Å². The molecule has 0 aromatic carbocycles. The van der Waals surface area contributed by atoms with Crippen LogP contribution in [-0.2, 0) is 0 Å². The maximum atomic E-state index is 10.3. The van der Waals surface area contributed by atoms with Gasteiger partial charge in [-0.05, 0) is 13.8 Å². The van der Waals surface area contributed by atoms with Gasteiger partial charge in [-0.15, -0.1) is 0 Å². The number of halogens is 1. The first-order valence-corrected chi connectivity index (χ1v) is 3.41. The number of hydrogen-bond donors (Lipinski definition) is 0. The fourth-order valence-corrected chi connectivity index (χ4v) is 0.878. The van der Waals surface area contributed by atoms with Crippen LogP contribution in [0.25, 0.3) is 0 Å². The molecule has 0 unspecified atom stereocenters. The van der Waals surface area contributed by atoms with Gasteiger partial charge in [0, 0.05) is 17.7 Å². The fourth-order valence-electron chi connectivity index (χ4n) is 0.795. The molecule has 60 valence electrons. The smallest absolute Gasteiger partial charge is 0.409 e. The molecule has 0 aliphatic rings. The molecule has 3 nitrogen and oxygen atoms in total. The van der Waals surface area contributed by atoms with Gasteiger partial charge in [0.2, 0.25) is 0 Å². The molecule has 1 aromatic rings. The van der Waals surface area contributed by atoms with Crippen LogP contribution >= 0.6 is 11.6 Å². The van der Waals surface area contributed by atoms with Crippen molar-refractivity contribution >= 4 is 17.0 Å². The Kier molecular flexibility index (Phi) is 2.19. The lowest BCUT2D eigenvalue weighted by atomic mass is 10.4. The lowest BCUT2D eigenvalue weighted by Gasteiger charge is -1.93. The second-order valence-corrected chi connectivity index (χ2v) is 2.43. The van der Waals surface area contributed by atoms with Gasteiger partial charge >= 0.3 is 5.43 Å². The van der Waals surface area contributed by atoms with Gasteiger partial charge < -0.3 is 9.15 Å². The predicted octanol–water partition coefficient (Wildman–Crippen LogP) is 2.63. The molecule has 0 amide bonds. The SMILES string of the molecule is Cc1cc(OC(=O)Cl)c(C)o1. The minimum atomic E-state index is -0.853. The summed E-state index contributed by atoms with van der Waals surface area (Å²) in [5, 5.41) is 0. The van der Waals surface area contributed by atoms with E-state index in [2.05, 4.69) is 4.74 Å². The van der Waals surface area contributed by atoms with Gasteiger partial charge in [0.25, 0.3) is 0 Å². The molecular weight excluding hydrogens is 168 g/mol. The van der Waals surface area contributed by atoms with Crippen LogP contribution in [-0.4, -0.2) is 5.43 Å². The molecule has 0 N–H and O–H groups in total. The van der Waals surface area contributed by atoms with Crippen molar-refractivity contribution in [3.8, 4) is 5.75 Å². The molecule has 0 saturated heterocycles. The van der Waals surface area contributed by atoms with Crippen molar-refractivity contribution in [2.45, 2.75) is 13.8 Å². The molecule has 1 heterocycles. The molecule has 0 aliphatic heterocycles. The third-order valence-electron chi connectivity index (χ3n) is 1.19. The zero-order chi connectivity index (χ0) is 8.43. The Balaban J connectivity index is 2.85. The topological polar surface area (TPSA) is 39.4 Å². The van der Waals surface area contributed by atoms with Crippen molar-refractivity contribution in [1.82, 2.24) is 0 Å². The molecule has 1 aromatic heterocycles. The minimum absolute atomic E-state index is 0.377. The Morgan fingerprint density at radius 1 is 1.64 bits per heavy atom. The van der Waals surface area contributed by atoms with E-state index in [1.54, 1.807) is 19.9 Å². The van der Waals surface area contributed by atoms with Crippen molar-refractivity contribution < 1.29 is 13.9 Å². The molecule has 0 bridgehead atoms. The summed E-state index contributed by atoms with van der Waals surface area (Å²) in [6, 6.07) is 1.61. The predicted molar refractivity (Wildman–Crippen MR) is 40.1 cm³/mol. The van der Waals surface area contributed by atoms with Crippen LogP contribution in [0.1, 0.15) is 11.5 Å². The minimum Gasteiger partial charge on any atom is -0.463 e. The number of aryl methyl sites for hydroxylation is 2. The van der Waals surface area contributed by atoms with Crippen LogP contribution in [0.3, 0.4) is 0 Å². The number of carbonyl (C=O) groups excluding carboxylic acids is 1. The van der Waals surface area contributed by atoms with E-state index in [-0.39, 0.29) is 0 Å². The summed E-state index contributed by atoms with van der Waals surface area (Å²) in [4.78, 5) is 10.3. The van der Waals surface area contributed by atoms with Gasteiger partial charge in [0.1, 0.15) is 11.5 Å². The van der Waals surface area contributed by atoms with Crippen molar-refractivity contribution in [3.63, 3.8) is 0 Å². The molecule has 0 fully saturated rings. The van der Waals surface area contributed by atoms with E-state index in [9.17, 15) is 4.79 Å². The number of ether oxygens (including phenoxy) is 1. The normalized spacial score (nSPS) is 9.73. The Labute approximate surface area is 68.9 Å². The quantitative estimate of drug-likeness (QED) is 0.615. The standard InChI is InChI=1S/C7H7ClO3/c1-4-3-6(5(2)10-4)11-7(8)9/h3H,1-2H3. The molecule has 0 aliphatic carbocycles. The highest BCUT2D eigenvalue weighted by atomic mass is 35.5. The highest BCUT2D eigenvalue weighted by Crippen LogP contribution is 2.22. The Morgan fingerprint density at radius 3 is 2.64 bits per heavy atom. The third-order valence-corrected chi connectivity index (χ3v) is 1.26. The lowest BCUT2D eigenvalue weighted by Crippen LogP contribution is -1.95. The summed E-state index contributed by atoms with van der Waals surface area (Å²) in [6.07, 6.45) is 0. The van der Waals surface area contributed by atoms with Crippen LogP contribution in [0, 0.1) is 13.8 Å². The summed E-state index contributed by atoms with van der Waals surface area (Å²) < 4.78 is 9.68. The average molecular weight is 175 g/mol. The van der Waals surface area contributed by atoms with Gasteiger partial charge in [-0.3, -0.25) is 0 Å². The first kappa shape index (κ1) is 8.14. The van der Waals surface area contributed by atoms with Crippen LogP contribution < -0.4 is 4.74 Å². The van der Waals surface area contributed by atoms with E-state index in [1.807, 2.05) is 0 Å². The summed E-state index contributed by atoms with van der Waals surface area (Å²) in [6.45, 7) is 3.46. The molecule has 0 spiro atoms. The largest absolute Gasteiger partial charge is 0.463 e. The van der Waals surface area contributed by atoms with Crippen molar-refractivity contribution in [3.05, 3.63) is 17.6 Å². The van der Waals surface area contributed by atoms with Crippen molar-refractivity contribution in [2.24, 2.45) is 0 Å². The van der Waals surface area contributed by atoms with Gasteiger partial charge in [-0.25, -0.2) is 4.79 Å². The second-order valence-electron chi connectivity index (χ2n) is 2.12. The summed E-state index contributed by atoms with van der Waals surface area (Å²) in [5.41, 5.74) is -0.853. The lowest BCUT2D eigenvalue weighted by molar-refractivity contribution is 0.224. The van der Waals surface area contributed by atoms with Gasteiger partial charge in [0.15, 0.2) is 5.75 Å². The number of furan rings is 1. The molecular formula is C7H7ClO3. The average Bonchev–Trinajstić information content (AvgIpc) is 2.09. The highest BCUT2D eigenvalue weighted by molar-refractivity contribution is 6.61. The third kappa shape index (κ3) is 1.98. The van der Waals surface area contributed by atoms with E-state index in [1.165, 1.54) is 0 Å². The van der Waals surface area contributed by atoms with Gasteiger partial charge in [0.05, 0.1) is 0 Å². The van der Waals surface area contributed by atoms with E-state index >= 15 is 0 Å². The molecule has 0 atom stereocenters. The summed E-state index contributed by atoms with van der Waals surface area (Å²) in [5.74, 6) is 1.62. The Bertz CT molecular complexity index is 277. The van der Waals surface area contributed by atoms with Crippen molar-refractivity contribution in [1.29, 1.82) is 0 Å². The zero-order valence-corrected chi connectivity index (χ0v) is 6.94. The van der Waals surface area contributed by atoms with E-state index in [0.29, 0.717) is 17.3 Å². The number of carbonyl (C=O) groups is 1. The molecule has 0 radical (unpaired) electrons. The fraction of sp³-hybridized carbons (Fsp3) is 0.286. The maximum Gasteiger partial charge on any atom is 0.409 e. The number of hydrogen-bond acceptors (Lipinski definition) is 3. The highest BCUT2D eigenvalue weighted by Gasteiger charge is 2.08.